The average Bonchev–Trinajstić information content (AvgIpc) is 3.15. The van der Waals surface area contributed by atoms with Crippen LogP contribution < -0.4 is 9.47 Å². The Morgan fingerprint density at radius 2 is 1.31 bits per heavy atom. The van der Waals surface area contributed by atoms with Gasteiger partial charge < -0.3 is 79.9 Å². The van der Waals surface area contributed by atoms with Crippen LogP contribution in [0.5, 0.6) is 34.5 Å². The van der Waals surface area contributed by atoms with Crippen molar-refractivity contribution in [2.45, 2.75) is 61.4 Å². The third-order valence-corrected chi connectivity index (χ3v) is 8.74. The Morgan fingerprint density at radius 1 is 0.685 bits per heavy atom. The van der Waals surface area contributed by atoms with Crippen molar-refractivity contribution >= 4 is 23.0 Å². The number of carbonyl (C=O) groups excluding carboxylic acids is 1. The summed E-state index contributed by atoms with van der Waals surface area (Å²) in [5, 5.41) is 113. The molecule has 288 valence electrons. The van der Waals surface area contributed by atoms with E-state index in [1.165, 1.54) is 30.3 Å². The highest BCUT2D eigenvalue weighted by atomic mass is 16.7. The number of aliphatic hydroxyl groups is 7. The minimum absolute atomic E-state index is 0.00195. The first kappa shape index (κ1) is 38.4. The van der Waals surface area contributed by atoms with Gasteiger partial charge in [0.05, 0.1) is 18.2 Å². The molecule has 18 nitrogen and oxygen atoms in total. The Labute approximate surface area is 304 Å². The van der Waals surface area contributed by atoms with Gasteiger partial charge >= 0.3 is 17.3 Å². The number of ether oxygens (including phenoxy) is 5. The molecule has 0 saturated carbocycles. The monoisotopic (exact) mass is 757 g/mol. The molecule has 11 N–H and O–H groups in total. The molecule has 4 aromatic rings. The van der Waals surface area contributed by atoms with Gasteiger partial charge in [-0.2, -0.15) is 0 Å². The summed E-state index contributed by atoms with van der Waals surface area (Å²) in [7, 11) is 0. The molecule has 2 aliphatic heterocycles. The molecule has 10 atom stereocenters. The van der Waals surface area contributed by atoms with Gasteiger partial charge in [-0.25, -0.2) is 9.21 Å². The molecular formula is C36H37O18+. The third kappa shape index (κ3) is 8.11. The van der Waals surface area contributed by atoms with Crippen LogP contribution >= 0.6 is 0 Å². The van der Waals surface area contributed by atoms with Crippen LogP contribution in [0.2, 0.25) is 0 Å². The van der Waals surface area contributed by atoms with Gasteiger partial charge in [-0.05, 0) is 35.9 Å². The summed E-state index contributed by atoms with van der Waals surface area (Å²) in [5.74, 6) is -2.97. The molecule has 18 heteroatoms. The number of aliphatic hydroxyl groups excluding tert-OH is 7. The van der Waals surface area contributed by atoms with Crippen molar-refractivity contribution in [1.29, 1.82) is 0 Å². The summed E-state index contributed by atoms with van der Waals surface area (Å²) in [6, 6.07) is 13.0. The summed E-state index contributed by atoms with van der Waals surface area (Å²) >= 11 is 0. The van der Waals surface area contributed by atoms with Crippen molar-refractivity contribution in [1.82, 2.24) is 0 Å². The lowest BCUT2D eigenvalue weighted by Gasteiger charge is -2.40. The van der Waals surface area contributed by atoms with Gasteiger partial charge in [0.25, 0.3) is 0 Å². The van der Waals surface area contributed by atoms with Crippen LogP contribution in [0, 0.1) is 0 Å². The highest BCUT2D eigenvalue weighted by Crippen LogP contribution is 2.43. The zero-order valence-electron chi connectivity index (χ0n) is 27.9. The molecule has 1 aromatic heterocycles. The highest BCUT2D eigenvalue weighted by molar-refractivity contribution is 5.89. The van der Waals surface area contributed by atoms with E-state index in [9.17, 15) is 61.0 Å². The molecule has 2 saturated heterocycles. The Bertz CT molecular complexity index is 1980. The summed E-state index contributed by atoms with van der Waals surface area (Å²) in [6.45, 7) is -1.36. The van der Waals surface area contributed by atoms with E-state index in [0.29, 0.717) is 5.56 Å². The molecule has 3 heterocycles. The van der Waals surface area contributed by atoms with Crippen molar-refractivity contribution in [3.05, 3.63) is 72.3 Å². The van der Waals surface area contributed by atoms with Crippen LogP contribution in [0.25, 0.3) is 28.4 Å². The molecule has 5 unspecified atom stereocenters. The molecule has 0 amide bonds. The molecule has 0 aliphatic carbocycles. The van der Waals surface area contributed by atoms with E-state index in [1.807, 2.05) is 0 Å². The fourth-order valence-corrected chi connectivity index (χ4v) is 5.75. The molecule has 0 radical (unpaired) electrons. The molecule has 54 heavy (non-hydrogen) atoms. The maximum Gasteiger partial charge on any atom is 0.402 e. The summed E-state index contributed by atoms with van der Waals surface area (Å²) < 4.78 is 34.2. The van der Waals surface area contributed by atoms with Crippen molar-refractivity contribution < 1.29 is 89.1 Å². The molecule has 6 rings (SSSR count). The van der Waals surface area contributed by atoms with Crippen LogP contribution in [-0.4, -0.2) is 137 Å². The zero-order chi connectivity index (χ0) is 38.8. The quantitative estimate of drug-likeness (QED) is 0.0433. The minimum atomic E-state index is -1.89. The standard InChI is InChI=1S/C36H36O18/c37-13-25-28(43)30(45)32(47)36(53-25)52-24-12-19-22(50-34(24)16-4-7-20(40)21(41)9-16)10-18(39)11-23(19)51-35-33(48)31(46)29(44)26(54-35)14-49-27(42)8-3-15-1-5-17(38)6-2-15/h1-12,25-26,28-33,35-37,43-48H,13-14H2,(H3-,38,39,40,41,42)/p+1/t25?,26?,28-,29-,30?,31+,32?,33?,35-,36-/m1/s1. The molecule has 3 aromatic carbocycles. The van der Waals surface area contributed by atoms with E-state index in [2.05, 4.69) is 0 Å². The predicted octanol–water partition coefficient (Wildman–Crippen LogP) is -0.175. The van der Waals surface area contributed by atoms with E-state index in [0.717, 1.165) is 30.3 Å². The van der Waals surface area contributed by atoms with Gasteiger partial charge in [0.1, 0.15) is 78.1 Å². The van der Waals surface area contributed by atoms with Gasteiger partial charge in [-0.1, -0.05) is 12.1 Å². The second kappa shape index (κ2) is 16.0. The molecule has 2 aliphatic rings. The van der Waals surface area contributed by atoms with E-state index in [1.54, 1.807) is 12.1 Å². The Kier molecular flexibility index (Phi) is 11.4. The van der Waals surface area contributed by atoms with Gasteiger partial charge in [-0.15, -0.1) is 0 Å². The summed E-state index contributed by atoms with van der Waals surface area (Å²) in [4.78, 5) is 12.4. The lowest BCUT2D eigenvalue weighted by atomic mass is 9.99. The van der Waals surface area contributed by atoms with Gasteiger partial charge in [0.15, 0.2) is 11.5 Å². The molecule has 0 spiro atoms. The zero-order valence-corrected chi connectivity index (χ0v) is 27.9. The fraction of sp³-hybridized carbons (Fsp3) is 0.333. The number of hydrogen-bond acceptors (Lipinski definition) is 17. The Hall–Kier alpha value is -5.28. The van der Waals surface area contributed by atoms with E-state index in [-0.39, 0.29) is 39.5 Å². The van der Waals surface area contributed by atoms with Gasteiger partial charge in [0.2, 0.25) is 18.3 Å². The SMILES string of the molecule is O=C(/C=C/c1ccc(O)cc1)OCC1O[C@@H](Oc2cc(O)cc3[o+]c(-c4ccc(O)c(O)c4)c(O[C@@H]4OC(CO)[C@@H](O)C(O)C4O)cc23)C(O)[C@@H](O)[C@@H]1O. The van der Waals surface area contributed by atoms with Gasteiger partial charge in [0, 0.05) is 24.3 Å². The smallest absolute Gasteiger partial charge is 0.402 e. The first-order chi connectivity index (χ1) is 25.7. The van der Waals surface area contributed by atoms with Crippen LogP contribution in [-0.2, 0) is 19.0 Å². The maximum atomic E-state index is 12.4. The number of esters is 1. The first-order valence-corrected chi connectivity index (χ1v) is 16.4. The normalized spacial score (nSPS) is 28.6. The van der Waals surface area contributed by atoms with Crippen molar-refractivity contribution in [2.24, 2.45) is 0 Å². The number of rotatable bonds is 10. The average molecular weight is 758 g/mol. The van der Waals surface area contributed by atoms with Gasteiger partial charge in [-0.3, -0.25) is 0 Å². The second-order valence-electron chi connectivity index (χ2n) is 12.5. The lowest BCUT2D eigenvalue weighted by Crippen LogP contribution is -2.60. The lowest BCUT2D eigenvalue weighted by molar-refractivity contribution is -0.278. The number of aromatic hydroxyl groups is 4. The second-order valence-corrected chi connectivity index (χ2v) is 12.5. The highest BCUT2D eigenvalue weighted by Gasteiger charge is 2.47. The van der Waals surface area contributed by atoms with Crippen LogP contribution in [0.1, 0.15) is 5.56 Å². The summed E-state index contributed by atoms with van der Waals surface area (Å²) in [6.07, 6.45) is -14.6. The largest absolute Gasteiger partial charge is 0.508 e. The molecular weight excluding hydrogens is 720 g/mol. The van der Waals surface area contributed by atoms with Crippen molar-refractivity contribution in [3.8, 4) is 45.8 Å². The number of carbonyl (C=O) groups is 1. The Balaban J connectivity index is 1.30. The topological polar surface area (TPSA) is 297 Å². The predicted molar refractivity (Wildman–Crippen MR) is 181 cm³/mol. The Morgan fingerprint density at radius 3 is 1.96 bits per heavy atom. The van der Waals surface area contributed by atoms with E-state index in [4.69, 9.17) is 28.1 Å². The van der Waals surface area contributed by atoms with Crippen LogP contribution in [0.3, 0.4) is 0 Å². The van der Waals surface area contributed by atoms with Crippen molar-refractivity contribution in [2.75, 3.05) is 13.2 Å². The van der Waals surface area contributed by atoms with Crippen molar-refractivity contribution in [3.63, 3.8) is 0 Å². The van der Waals surface area contributed by atoms with E-state index >= 15 is 0 Å². The van der Waals surface area contributed by atoms with Crippen LogP contribution in [0.15, 0.2) is 71.2 Å². The summed E-state index contributed by atoms with van der Waals surface area (Å²) in [5.41, 5.74) is 0.562. The number of hydrogen-bond donors (Lipinski definition) is 11. The first-order valence-electron chi connectivity index (χ1n) is 16.4. The molecule has 0 bridgehead atoms. The molecule has 2 fully saturated rings. The number of phenolic OH excluding ortho intramolecular Hbond substituents is 4. The maximum absolute atomic E-state index is 12.4. The third-order valence-electron chi connectivity index (χ3n) is 8.74. The van der Waals surface area contributed by atoms with E-state index < -0.39 is 97.8 Å². The van der Waals surface area contributed by atoms with Crippen LogP contribution in [0.4, 0.5) is 0 Å². The number of phenols is 4. The number of fused-ring (bicyclic) bond motifs is 1. The number of benzene rings is 3. The fourth-order valence-electron chi connectivity index (χ4n) is 5.75. The minimum Gasteiger partial charge on any atom is -0.508 e.